The lowest BCUT2D eigenvalue weighted by Gasteiger charge is -2.25. The van der Waals surface area contributed by atoms with Crippen molar-refractivity contribution in [2.45, 2.75) is 24.1 Å². The van der Waals surface area contributed by atoms with Crippen LogP contribution >= 0.6 is 15.9 Å². The lowest BCUT2D eigenvalue weighted by Crippen LogP contribution is -2.47. The molecular formula is C7H8BrNO2. The molecule has 1 heterocycles. The molecule has 2 amide bonds. The maximum atomic E-state index is 11.1. The van der Waals surface area contributed by atoms with Crippen molar-refractivity contribution < 1.29 is 9.59 Å². The quantitative estimate of drug-likeness (QED) is 0.477. The van der Waals surface area contributed by atoms with Crippen molar-refractivity contribution in [2.24, 2.45) is 5.41 Å². The predicted molar refractivity (Wildman–Crippen MR) is 42.1 cm³/mol. The normalized spacial score (nSPS) is 33.7. The summed E-state index contributed by atoms with van der Waals surface area (Å²) in [5.41, 5.74) is -0.0145. The van der Waals surface area contributed by atoms with Gasteiger partial charge in [-0.3, -0.25) is 14.9 Å². The van der Waals surface area contributed by atoms with Gasteiger partial charge in [-0.25, -0.2) is 0 Å². The largest absolute Gasteiger partial charge is 0.295 e. The van der Waals surface area contributed by atoms with Crippen molar-refractivity contribution in [3.63, 3.8) is 0 Å². The van der Waals surface area contributed by atoms with Crippen LogP contribution in [-0.4, -0.2) is 16.6 Å². The second-order valence-electron chi connectivity index (χ2n) is 3.31. The summed E-state index contributed by atoms with van der Waals surface area (Å²) < 4.78 is 0. The third-order valence-corrected chi connectivity index (χ3v) is 3.82. The van der Waals surface area contributed by atoms with Crippen LogP contribution in [0.2, 0.25) is 0 Å². The maximum Gasteiger partial charge on any atom is 0.240 e. The van der Waals surface area contributed by atoms with Gasteiger partial charge in [0.2, 0.25) is 11.8 Å². The topological polar surface area (TPSA) is 46.2 Å². The molecule has 2 rings (SSSR count). The summed E-state index contributed by atoms with van der Waals surface area (Å²) in [6, 6.07) is 0. The number of piperidine rings is 1. The van der Waals surface area contributed by atoms with E-state index in [0.29, 0.717) is 6.42 Å². The number of carbonyl (C=O) groups excluding carboxylic acids is 2. The van der Waals surface area contributed by atoms with Gasteiger partial charge in [0, 0.05) is 11.8 Å². The highest BCUT2D eigenvalue weighted by atomic mass is 79.9. The van der Waals surface area contributed by atoms with E-state index in [1.54, 1.807) is 0 Å². The zero-order valence-corrected chi connectivity index (χ0v) is 7.48. The van der Waals surface area contributed by atoms with E-state index in [0.717, 1.165) is 12.8 Å². The molecule has 1 atom stereocenters. The van der Waals surface area contributed by atoms with E-state index in [1.807, 2.05) is 0 Å². The summed E-state index contributed by atoms with van der Waals surface area (Å²) in [5, 5.41) is 2.30. The molecule has 1 saturated heterocycles. The first kappa shape index (κ1) is 7.28. The number of amides is 2. The number of alkyl halides is 1. The average molecular weight is 218 g/mol. The van der Waals surface area contributed by atoms with Crippen molar-refractivity contribution >= 4 is 27.7 Å². The average Bonchev–Trinajstić information content (AvgIpc) is 2.65. The Balaban J connectivity index is 2.22. The Hall–Kier alpha value is -0.380. The molecule has 1 N–H and O–H groups in total. The highest BCUT2D eigenvalue weighted by molar-refractivity contribution is 9.10. The summed E-state index contributed by atoms with van der Waals surface area (Å²) >= 11 is 3.30. The predicted octanol–water partition coefficient (Wildman–Crippen LogP) is 0.577. The van der Waals surface area contributed by atoms with E-state index in [2.05, 4.69) is 21.2 Å². The molecule has 4 heteroatoms. The molecule has 1 spiro atoms. The van der Waals surface area contributed by atoms with E-state index in [1.165, 1.54) is 0 Å². The minimum Gasteiger partial charge on any atom is -0.295 e. The minimum absolute atomic E-state index is 0.0145. The SMILES string of the molecule is O=C1CC2(CC2)C(Br)C(=O)N1. The second kappa shape index (κ2) is 2.06. The van der Waals surface area contributed by atoms with E-state index < -0.39 is 0 Å². The number of carbonyl (C=O) groups is 2. The first-order chi connectivity index (χ1) is 5.14. The summed E-state index contributed by atoms with van der Waals surface area (Å²) in [4.78, 5) is 21.9. The molecule has 0 bridgehead atoms. The van der Waals surface area contributed by atoms with E-state index in [-0.39, 0.29) is 22.1 Å². The monoisotopic (exact) mass is 217 g/mol. The highest BCUT2D eigenvalue weighted by Crippen LogP contribution is 2.55. The third kappa shape index (κ3) is 1.00. The van der Waals surface area contributed by atoms with Gasteiger partial charge in [-0.2, -0.15) is 0 Å². The second-order valence-corrected chi connectivity index (χ2v) is 4.23. The molecule has 1 aliphatic heterocycles. The number of imide groups is 1. The van der Waals surface area contributed by atoms with Crippen molar-refractivity contribution in [1.29, 1.82) is 0 Å². The third-order valence-electron chi connectivity index (χ3n) is 2.44. The Morgan fingerprint density at radius 1 is 1.45 bits per heavy atom. The van der Waals surface area contributed by atoms with E-state index in [9.17, 15) is 9.59 Å². The molecule has 0 aromatic carbocycles. The van der Waals surface area contributed by atoms with Gasteiger partial charge >= 0.3 is 0 Å². The Morgan fingerprint density at radius 2 is 2.09 bits per heavy atom. The summed E-state index contributed by atoms with van der Waals surface area (Å²) in [6.07, 6.45) is 2.51. The van der Waals surface area contributed by atoms with Gasteiger partial charge in [-0.15, -0.1) is 0 Å². The van der Waals surface area contributed by atoms with Gasteiger partial charge in [-0.1, -0.05) is 15.9 Å². The molecule has 1 saturated carbocycles. The molecule has 1 unspecified atom stereocenters. The van der Waals surface area contributed by atoms with Crippen LogP contribution in [0.5, 0.6) is 0 Å². The van der Waals surface area contributed by atoms with Crippen molar-refractivity contribution in [1.82, 2.24) is 5.32 Å². The van der Waals surface area contributed by atoms with Crippen molar-refractivity contribution in [2.75, 3.05) is 0 Å². The lowest BCUT2D eigenvalue weighted by atomic mass is 9.94. The first-order valence-electron chi connectivity index (χ1n) is 3.62. The van der Waals surface area contributed by atoms with Crippen molar-refractivity contribution in [3.05, 3.63) is 0 Å². The lowest BCUT2D eigenvalue weighted by molar-refractivity contribution is -0.134. The molecule has 2 fully saturated rings. The van der Waals surface area contributed by atoms with Crippen LogP contribution in [0.3, 0.4) is 0 Å². The maximum absolute atomic E-state index is 11.1. The molecule has 0 radical (unpaired) electrons. The summed E-state index contributed by atoms with van der Waals surface area (Å²) in [6.45, 7) is 0. The Morgan fingerprint density at radius 3 is 2.64 bits per heavy atom. The molecule has 2 aliphatic rings. The van der Waals surface area contributed by atoms with E-state index >= 15 is 0 Å². The van der Waals surface area contributed by atoms with Gasteiger partial charge in [0.05, 0.1) is 4.83 Å². The van der Waals surface area contributed by atoms with Crippen LogP contribution < -0.4 is 5.32 Å². The number of nitrogens with one attached hydrogen (secondary N) is 1. The van der Waals surface area contributed by atoms with E-state index in [4.69, 9.17) is 0 Å². The van der Waals surface area contributed by atoms with Crippen LogP contribution in [0.25, 0.3) is 0 Å². The molecule has 0 aromatic rings. The molecular weight excluding hydrogens is 210 g/mol. The van der Waals surface area contributed by atoms with Crippen LogP contribution in [0.4, 0.5) is 0 Å². The van der Waals surface area contributed by atoms with Gasteiger partial charge in [0.25, 0.3) is 0 Å². The fraction of sp³-hybridized carbons (Fsp3) is 0.714. The zero-order valence-electron chi connectivity index (χ0n) is 5.89. The fourth-order valence-electron chi connectivity index (χ4n) is 1.52. The number of rotatable bonds is 0. The Bertz CT molecular complexity index is 235. The van der Waals surface area contributed by atoms with Crippen LogP contribution in [0.15, 0.2) is 0 Å². The van der Waals surface area contributed by atoms with Crippen LogP contribution in [0.1, 0.15) is 19.3 Å². The van der Waals surface area contributed by atoms with Gasteiger partial charge in [-0.05, 0) is 12.8 Å². The molecule has 1 aliphatic carbocycles. The summed E-state index contributed by atoms with van der Waals surface area (Å²) in [7, 11) is 0. The Labute approximate surface area is 72.7 Å². The minimum atomic E-state index is -0.168. The smallest absolute Gasteiger partial charge is 0.240 e. The highest BCUT2D eigenvalue weighted by Gasteiger charge is 2.55. The summed E-state index contributed by atoms with van der Waals surface area (Å²) in [5.74, 6) is -0.290. The molecule has 0 aromatic heterocycles. The fourth-order valence-corrected chi connectivity index (χ4v) is 2.26. The first-order valence-corrected chi connectivity index (χ1v) is 4.53. The molecule has 11 heavy (non-hydrogen) atoms. The van der Waals surface area contributed by atoms with Crippen LogP contribution in [-0.2, 0) is 9.59 Å². The molecule has 60 valence electrons. The van der Waals surface area contributed by atoms with Gasteiger partial charge in [0.15, 0.2) is 0 Å². The van der Waals surface area contributed by atoms with Gasteiger partial charge in [0.1, 0.15) is 0 Å². The number of hydrogen-bond acceptors (Lipinski definition) is 2. The zero-order chi connectivity index (χ0) is 8.06. The van der Waals surface area contributed by atoms with Crippen LogP contribution in [0, 0.1) is 5.41 Å². The number of hydrogen-bond donors (Lipinski definition) is 1. The van der Waals surface area contributed by atoms with Crippen molar-refractivity contribution in [3.8, 4) is 0 Å². The van der Waals surface area contributed by atoms with Gasteiger partial charge < -0.3 is 0 Å². The number of halogens is 1. The Kier molecular flexibility index (Phi) is 1.36. The molecule has 3 nitrogen and oxygen atoms in total. The standard InChI is InChI=1S/C7H8BrNO2/c8-5-6(11)9-4(10)3-7(5)1-2-7/h5H,1-3H2,(H,9,10,11).